The van der Waals surface area contributed by atoms with Crippen LogP contribution in [0.15, 0.2) is 12.1 Å². The number of rotatable bonds is 2. The first kappa shape index (κ1) is 13.2. The SMILES string of the molecule is Cc1cc(C)c(N2CCCC(C(N)=O)C2)c(Cl)c1. The predicted octanol–water partition coefficient (Wildman–Crippen LogP) is 2.66. The van der Waals surface area contributed by atoms with Crippen molar-refractivity contribution >= 4 is 23.2 Å². The Hall–Kier alpha value is -1.22. The Labute approximate surface area is 113 Å². The second-order valence-electron chi connectivity index (χ2n) is 5.10. The average Bonchev–Trinajstić information content (AvgIpc) is 2.28. The molecule has 1 aromatic rings. The normalized spacial score (nSPS) is 19.9. The lowest BCUT2D eigenvalue weighted by Gasteiger charge is -2.34. The summed E-state index contributed by atoms with van der Waals surface area (Å²) in [5.74, 6) is -0.267. The van der Waals surface area contributed by atoms with Crippen LogP contribution in [0.3, 0.4) is 0 Å². The number of piperidine rings is 1. The van der Waals surface area contributed by atoms with Crippen molar-refractivity contribution in [1.29, 1.82) is 0 Å². The van der Waals surface area contributed by atoms with Gasteiger partial charge in [-0.3, -0.25) is 4.79 Å². The van der Waals surface area contributed by atoms with E-state index in [1.807, 2.05) is 13.0 Å². The van der Waals surface area contributed by atoms with E-state index < -0.39 is 0 Å². The molecule has 0 saturated carbocycles. The molecule has 4 heteroatoms. The molecule has 98 valence electrons. The summed E-state index contributed by atoms with van der Waals surface area (Å²) >= 11 is 6.34. The van der Waals surface area contributed by atoms with Crippen molar-refractivity contribution in [2.24, 2.45) is 11.7 Å². The van der Waals surface area contributed by atoms with Crippen LogP contribution >= 0.6 is 11.6 Å². The Morgan fingerprint density at radius 3 is 2.78 bits per heavy atom. The number of amides is 1. The molecule has 0 aliphatic carbocycles. The van der Waals surface area contributed by atoms with Crippen LogP contribution < -0.4 is 10.6 Å². The van der Waals surface area contributed by atoms with E-state index in [0.29, 0.717) is 6.54 Å². The quantitative estimate of drug-likeness (QED) is 0.895. The molecular formula is C14H19ClN2O. The molecule has 3 nitrogen and oxygen atoms in total. The van der Waals surface area contributed by atoms with E-state index in [4.69, 9.17) is 17.3 Å². The maximum atomic E-state index is 11.3. The molecule has 0 spiro atoms. The van der Waals surface area contributed by atoms with Gasteiger partial charge >= 0.3 is 0 Å². The lowest BCUT2D eigenvalue weighted by molar-refractivity contribution is -0.122. The summed E-state index contributed by atoms with van der Waals surface area (Å²) in [6.07, 6.45) is 1.87. The Morgan fingerprint density at radius 2 is 2.17 bits per heavy atom. The van der Waals surface area contributed by atoms with Crippen molar-refractivity contribution in [1.82, 2.24) is 0 Å². The smallest absolute Gasteiger partial charge is 0.222 e. The fraction of sp³-hybridized carbons (Fsp3) is 0.500. The van der Waals surface area contributed by atoms with Crippen LogP contribution in [0.1, 0.15) is 24.0 Å². The van der Waals surface area contributed by atoms with Gasteiger partial charge in [-0.15, -0.1) is 0 Å². The second kappa shape index (κ2) is 5.19. The van der Waals surface area contributed by atoms with E-state index in [2.05, 4.69) is 17.9 Å². The standard InChI is InChI=1S/C14H19ClN2O/c1-9-6-10(2)13(12(15)7-9)17-5-3-4-11(8-17)14(16)18/h6-7,11H,3-5,8H2,1-2H3,(H2,16,18). The van der Waals surface area contributed by atoms with Crippen LogP contribution in [0.5, 0.6) is 0 Å². The van der Waals surface area contributed by atoms with Gasteiger partial charge in [0.25, 0.3) is 0 Å². The summed E-state index contributed by atoms with van der Waals surface area (Å²) < 4.78 is 0. The van der Waals surface area contributed by atoms with Gasteiger partial charge in [-0.1, -0.05) is 17.7 Å². The van der Waals surface area contributed by atoms with Crippen LogP contribution in [0.4, 0.5) is 5.69 Å². The molecule has 2 rings (SSSR count). The highest BCUT2D eigenvalue weighted by molar-refractivity contribution is 6.33. The van der Waals surface area contributed by atoms with E-state index in [1.54, 1.807) is 0 Å². The summed E-state index contributed by atoms with van der Waals surface area (Å²) in [6, 6.07) is 4.09. The summed E-state index contributed by atoms with van der Waals surface area (Å²) in [4.78, 5) is 13.5. The molecule has 1 aliphatic heterocycles. The number of halogens is 1. The minimum atomic E-state index is -0.208. The van der Waals surface area contributed by atoms with Crippen molar-refractivity contribution in [2.45, 2.75) is 26.7 Å². The molecule has 1 saturated heterocycles. The fourth-order valence-electron chi connectivity index (χ4n) is 2.72. The summed E-state index contributed by atoms with van der Waals surface area (Å²) in [7, 11) is 0. The monoisotopic (exact) mass is 266 g/mol. The second-order valence-corrected chi connectivity index (χ2v) is 5.51. The molecule has 0 aromatic heterocycles. The van der Waals surface area contributed by atoms with Crippen LogP contribution in [0.25, 0.3) is 0 Å². The maximum absolute atomic E-state index is 11.3. The maximum Gasteiger partial charge on any atom is 0.222 e. The van der Waals surface area contributed by atoms with E-state index in [9.17, 15) is 4.79 Å². The third kappa shape index (κ3) is 2.61. The highest BCUT2D eigenvalue weighted by Crippen LogP contribution is 2.33. The van der Waals surface area contributed by atoms with Gasteiger partial charge in [-0.25, -0.2) is 0 Å². The highest BCUT2D eigenvalue weighted by Gasteiger charge is 2.26. The van der Waals surface area contributed by atoms with Crippen LogP contribution in [0.2, 0.25) is 5.02 Å². The molecule has 1 unspecified atom stereocenters. The molecule has 1 aliphatic rings. The van der Waals surface area contributed by atoms with Crippen molar-refractivity contribution in [3.8, 4) is 0 Å². The van der Waals surface area contributed by atoms with E-state index in [0.717, 1.165) is 41.2 Å². The number of aryl methyl sites for hydroxylation is 2. The first-order chi connectivity index (χ1) is 8.49. The van der Waals surface area contributed by atoms with Gasteiger partial charge in [0.15, 0.2) is 0 Å². The number of benzene rings is 1. The molecule has 0 radical (unpaired) electrons. The number of primary amides is 1. The molecule has 1 amide bonds. The first-order valence-corrected chi connectivity index (χ1v) is 6.68. The van der Waals surface area contributed by atoms with Gasteiger partial charge in [-0.2, -0.15) is 0 Å². The Morgan fingerprint density at radius 1 is 1.44 bits per heavy atom. The van der Waals surface area contributed by atoms with E-state index >= 15 is 0 Å². The highest BCUT2D eigenvalue weighted by atomic mass is 35.5. The van der Waals surface area contributed by atoms with Crippen molar-refractivity contribution < 1.29 is 4.79 Å². The molecule has 1 aromatic carbocycles. The van der Waals surface area contributed by atoms with Gasteiger partial charge in [0, 0.05) is 13.1 Å². The van der Waals surface area contributed by atoms with Gasteiger partial charge in [0.1, 0.15) is 0 Å². The topological polar surface area (TPSA) is 46.3 Å². The third-order valence-electron chi connectivity index (χ3n) is 3.54. The average molecular weight is 267 g/mol. The molecule has 2 N–H and O–H groups in total. The Bertz CT molecular complexity index is 450. The third-order valence-corrected chi connectivity index (χ3v) is 3.83. The van der Waals surface area contributed by atoms with Gasteiger partial charge in [-0.05, 0) is 43.9 Å². The fourth-order valence-corrected chi connectivity index (χ4v) is 3.16. The van der Waals surface area contributed by atoms with Crippen LogP contribution in [0, 0.1) is 19.8 Å². The minimum absolute atomic E-state index is 0.0597. The number of anilines is 1. The Balaban J connectivity index is 2.29. The van der Waals surface area contributed by atoms with Gasteiger partial charge in [0.2, 0.25) is 5.91 Å². The van der Waals surface area contributed by atoms with E-state index in [1.165, 1.54) is 0 Å². The number of nitrogens with zero attached hydrogens (tertiary/aromatic N) is 1. The number of nitrogens with two attached hydrogens (primary N) is 1. The van der Waals surface area contributed by atoms with Crippen LogP contribution in [-0.2, 0) is 4.79 Å². The summed E-state index contributed by atoms with van der Waals surface area (Å²) in [5.41, 5.74) is 8.77. The molecular weight excluding hydrogens is 248 g/mol. The van der Waals surface area contributed by atoms with Crippen LogP contribution in [-0.4, -0.2) is 19.0 Å². The number of hydrogen-bond acceptors (Lipinski definition) is 2. The van der Waals surface area contributed by atoms with Crippen molar-refractivity contribution in [3.63, 3.8) is 0 Å². The Kier molecular flexibility index (Phi) is 3.81. The van der Waals surface area contributed by atoms with E-state index in [-0.39, 0.29) is 11.8 Å². The number of carbonyl (C=O) groups is 1. The minimum Gasteiger partial charge on any atom is -0.369 e. The molecule has 1 fully saturated rings. The molecule has 1 atom stereocenters. The predicted molar refractivity (Wildman–Crippen MR) is 75.1 cm³/mol. The molecule has 0 bridgehead atoms. The zero-order valence-corrected chi connectivity index (χ0v) is 11.6. The van der Waals surface area contributed by atoms with Crippen molar-refractivity contribution in [2.75, 3.05) is 18.0 Å². The zero-order valence-electron chi connectivity index (χ0n) is 10.9. The van der Waals surface area contributed by atoms with Gasteiger partial charge in [0.05, 0.1) is 16.6 Å². The molecule has 1 heterocycles. The lowest BCUT2D eigenvalue weighted by atomic mass is 9.96. The van der Waals surface area contributed by atoms with Gasteiger partial charge < -0.3 is 10.6 Å². The summed E-state index contributed by atoms with van der Waals surface area (Å²) in [5, 5.41) is 0.762. The number of hydrogen-bond donors (Lipinski definition) is 1. The summed E-state index contributed by atoms with van der Waals surface area (Å²) in [6.45, 7) is 5.71. The molecule has 18 heavy (non-hydrogen) atoms. The zero-order chi connectivity index (χ0) is 13.3. The number of carbonyl (C=O) groups excluding carboxylic acids is 1. The first-order valence-electron chi connectivity index (χ1n) is 6.30. The lowest BCUT2D eigenvalue weighted by Crippen LogP contribution is -2.41. The van der Waals surface area contributed by atoms with Crippen molar-refractivity contribution in [3.05, 3.63) is 28.3 Å². The largest absolute Gasteiger partial charge is 0.369 e.